The number of benzene rings is 2. The molecule has 168 valence electrons. The Balaban J connectivity index is 1.38. The fourth-order valence-corrected chi connectivity index (χ4v) is 3.60. The molecule has 0 atom stereocenters. The molecule has 0 saturated carbocycles. The summed E-state index contributed by atoms with van der Waals surface area (Å²) in [4.78, 5) is 18.9. The van der Waals surface area contributed by atoms with Crippen molar-refractivity contribution in [2.75, 3.05) is 6.54 Å². The van der Waals surface area contributed by atoms with Crippen LogP contribution < -0.4 is 5.32 Å². The van der Waals surface area contributed by atoms with Gasteiger partial charge in [-0.15, -0.1) is 0 Å². The summed E-state index contributed by atoms with van der Waals surface area (Å²) in [6.45, 7) is 2.33. The summed E-state index contributed by atoms with van der Waals surface area (Å²) < 4.78 is 19.2. The lowest BCUT2D eigenvalue weighted by Gasteiger charge is -2.21. The number of halogens is 1. The van der Waals surface area contributed by atoms with E-state index in [4.69, 9.17) is 4.42 Å². The van der Waals surface area contributed by atoms with Crippen LogP contribution in [-0.4, -0.2) is 22.3 Å². The molecule has 0 saturated heterocycles. The first kappa shape index (κ1) is 22.4. The van der Waals surface area contributed by atoms with Crippen LogP contribution in [0, 0.1) is 5.82 Å². The molecule has 1 N–H and O–H groups in total. The molecule has 2 aromatic heterocycles. The molecule has 0 aliphatic heterocycles. The molecule has 0 bridgehead atoms. The third kappa shape index (κ3) is 6.85. The van der Waals surface area contributed by atoms with Crippen molar-refractivity contribution in [3.8, 4) is 0 Å². The molecular formula is C27H26FN3O2. The van der Waals surface area contributed by atoms with Crippen molar-refractivity contribution in [3.05, 3.63) is 125 Å². The van der Waals surface area contributed by atoms with Crippen LogP contribution in [0.15, 0.2) is 95.5 Å². The lowest BCUT2D eigenvalue weighted by molar-refractivity contribution is 0.0922. The van der Waals surface area contributed by atoms with Crippen molar-refractivity contribution in [1.82, 2.24) is 15.2 Å². The number of aromatic nitrogens is 1. The molecule has 4 aromatic rings. The van der Waals surface area contributed by atoms with Crippen molar-refractivity contribution in [2.24, 2.45) is 0 Å². The second-order valence-electron chi connectivity index (χ2n) is 7.85. The van der Waals surface area contributed by atoms with Gasteiger partial charge in [0.1, 0.15) is 11.6 Å². The van der Waals surface area contributed by atoms with E-state index >= 15 is 0 Å². The van der Waals surface area contributed by atoms with E-state index < -0.39 is 0 Å². The summed E-state index contributed by atoms with van der Waals surface area (Å²) in [5.74, 6) is 0.485. The van der Waals surface area contributed by atoms with E-state index in [-0.39, 0.29) is 17.5 Å². The third-order valence-corrected chi connectivity index (χ3v) is 5.23. The zero-order valence-electron chi connectivity index (χ0n) is 18.3. The highest BCUT2D eigenvalue weighted by Crippen LogP contribution is 2.17. The number of hydrogen-bond acceptors (Lipinski definition) is 4. The monoisotopic (exact) mass is 443 g/mol. The van der Waals surface area contributed by atoms with Gasteiger partial charge in [0.15, 0.2) is 5.76 Å². The Kier molecular flexibility index (Phi) is 7.61. The number of furan rings is 1. The lowest BCUT2D eigenvalue weighted by Crippen LogP contribution is -2.25. The first-order valence-corrected chi connectivity index (χ1v) is 10.9. The van der Waals surface area contributed by atoms with Crippen molar-refractivity contribution >= 4 is 5.91 Å². The van der Waals surface area contributed by atoms with Gasteiger partial charge in [0.2, 0.25) is 0 Å². The standard InChI is InChI=1S/C27H26FN3O2/c28-23-11-9-22(10-12-23)19-31(18-21-6-2-1-3-7-21)20-25-13-14-26(33-25)27(32)30-17-15-24-8-4-5-16-29-24/h1-14,16H,15,17-20H2,(H,30,32). The van der Waals surface area contributed by atoms with Gasteiger partial charge in [-0.25, -0.2) is 4.39 Å². The smallest absolute Gasteiger partial charge is 0.287 e. The van der Waals surface area contributed by atoms with Crippen LogP contribution in [0.5, 0.6) is 0 Å². The van der Waals surface area contributed by atoms with Gasteiger partial charge in [-0.2, -0.15) is 0 Å². The highest BCUT2D eigenvalue weighted by molar-refractivity contribution is 5.91. The van der Waals surface area contributed by atoms with Gasteiger partial charge < -0.3 is 9.73 Å². The van der Waals surface area contributed by atoms with Crippen LogP contribution in [0.2, 0.25) is 0 Å². The number of rotatable bonds is 10. The molecular weight excluding hydrogens is 417 g/mol. The topological polar surface area (TPSA) is 58.4 Å². The van der Waals surface area contributed by atoms with Gasteiger partial charge in [0, 0.05) is 37.9 Å². The maximum atomic E-state index is 13.3. The summed E-state index contributed by atoms with van der Waals surface area (Å²) in [7, 11) is 0. The maximum Gasteiger partial charge on any atom is 0.287 e. The normalized spacial score (nSPS) is 11.0. The number of amides is 1. The Labute approximate surface area is 192 Å². The number of hydrogen-bond donors (Lipinski definition) is 1. The lowest BCUT2D eigenvalue weighted by atomic mass is 10.1. The minimum absolute atomic E-state index is 0.245. The second-order valence-corrected chi connectivity index (χ2v) is 7.85. The number of nitrogens with one attached hydrogen (secondary N) is 1. The van der Waals surface area contributed by atoms with Crippen LogP contribution in [0.1, 0.15) is 33.1 Å². The molecule has 1 amide bonds. The minimum atomic E-state index is -0.252. The molecule has 0 radical (unpaired) electrons. The van der Waals surface area contributed by atoms with Gasteiger partial charge in [-0.3, -0.25) is 14.7 Å². The van der Waals surface area contributed by atoms with E-state index in [1.54, 1.807) is 24.4 Å². The molecule has 0 fully saturated rings. The van der Waals surface area contributed by atoms with Crippen LogP contribution in [0.3, 0.4) is 0 Å². The molecule has 0 aliphatic carbocycles. The van der Waals surface area contributed by atoms with E-state index in [1.165, 1.54) is 17.7 Å². The first-order chi connectivity index (χ1) is 16.2. The van der Waals surface area contributed by atoms with E-state index in [1.807, 2.05) is 42.5 Å². The van der Waals surface area contributed by atoms with Crippen LogP contribution >= 0.6 is 0 Å². The number of carbonyl (C=O) groups is 1. The van der Waals surface area contributed by atoms with Gasteiger partial charge in [0.25, 0.3) is 5.91 Å². The average Bonchev–Trinajstić information content (AvgIpc) is 3.30. The van der Waals surface area contributed by atoms with Crippen molar-refractivity contribution < 1.29 is 13.6 Å². The molecule has 4 rings (SSSR count). The number of pyridine rings is 1. The van der Waals surface area contributed by atoms with Gasteiger partial charge in [-0.05, 0) is 47.5 Å². The Morgan fingerprint density at radius 3 is 2.30 bits per heavy atom. The SMILES string of the molecule is O=C(NCCc1ccccn1)c1ccc(CN(Cc2ccccc2)Cc2ccc(F)cc2)o1. The van der Waals surface area contributed by atoms with E-state index in [0.29, 0.717) is 38.4 Å². The predicted molar refractivity (Wildman–Crippen MR) is 125 cm³/mol. The van der Waals surface area contributed by atoms with E-state index in [0.717, 1.165) is 11.3 Å². The molecule has 0 spiro atoms. The quantitative estimate of drug-likeness (QED) is 0.375. The summed E-state index contributed by atoms with van der Waals surface area (Å²) in [6.07, 6.45) is 2.39. The molecule has 2 aromatic carbocycles. The molecule has 6 heteroatoms. The number of nitrogens with zero attached hydrogens (tertiary/aromatic N) is 2. The third-order valence-electron chi connectivity index (χ3n) is 5.23. The highest BCUT2D eigenvalue weighted by Gasteiger charge is 2.15. The van der Waals surface area contributed by atoms with E-state index in [2.05, 4.69) is 27.3 Å². The maximum absolute atomic E-state index is 13.3. The average molecular weight is 444 g/mol. The predicted octanol–water partition coefficient (Wildman–Crippen LogP) is 4.99. The fraction of sp³-hybridized carbons (Fsp3) is 0.185. The van der Waals surface area contributed by atoms with Gasteiger partial charge in [0.05, 0.1) is 6.54 Å². The molecule has 2 heterocycles. The van der Waals surface area contributed by atoms with Gasteiger partial charge in [-0.1, -0.05) is 48.5 Å². The van der Waals surface area contributed by atoms with Crippen LogP contribution in [0.25, 0.3) is 0 Å². The fourth-order valence-electron chi connectivity index (χ4n) is 3.60. The Morgan fingerprint density at radius 2 is 1.58 bits per heavy atom. The summed E-state index contributed by atoms with van der Waals surface area (Å²) in [5.41, 5.74) is 3.10. The summed E-state index contributed by atoms with van der Waals surface area (Å²) in [6, 6.07) is 25.9. The van der Waals surface area contributed by atoms with Gasteiger partial charge >= 0.3 is 0 Å². The number of carbonyl (C=O) groups excluding carboxylic acids is 1. The van der Waals surface area contributed by atoms with Crippen LogP contribution in [-0.2, 0) is 26.1 Å². The molecule has 0 unspecified atom stereocenters. The minimum Gasteiger partial charge on any atom is -0.455 e. The van der Waals surface area contributed by atoms with Crippen LogP contribution in [0.4, 0.5) is 4.39 Å². The molecule has 0 aliphatic rings. The largest absolute Gasteiger partial charge is 0.455 e. The van der Waals surface area contributed by atoms with Crippen molar-refractivity contribution in [1.29, 1.82) is 0 Å². The molecule has 33 heavy (non-hydrogen) atoms. The highest BCUT2D eigenvalue weighted by atomic mass is 19.1. The molecule has 5 nitrogen and oxygen atoms in total. The zero-order chi connectivity index (χ0) is 22.9. The summed E-state index contributed by atoms with van der Waals surface area (Å²) in [5, 5.41) is 2.88. The van der Waals surface area contributed by atoms with Crippen molar-refractivity contribution in [2.45, 2.75) is 26.1 Å². The second kappa shape index (κ2) is 11.2. The summed E-state index contributed by atoms with van der Waals surface area (Å²) >= 11 is 0. The van der Waals surface area contributed by atoms with Crippen molar-refractivity contribution in [3.63, 3.8) is 0 Å². The Morgan fingerprint density at radius 1 is 0.848 bits per heavy atom. The first-order valence-electron chi connectivity index (χ1n) is 10.9. The van der Waals surface area contributed by atoms with E-state index in [9.17, 15) is 9.18 Å². The Hall–Kier alpha value is -3.77. The Bertz CT molecular complexity index is 1140. The zero-order valence-corrected chi connectivity index (χ0v) is 18.3.